The molecule has 0 unspecified atom stereocenters. The molecule has 0 fully saturated rings. The first-order valence-corrected chi connectivity index (χ1v) is 5.81. The lowest BCUT2D eigenvalue weighted by molar-refractivity contribution is 1.29. The van der Waals surface area contributed by atoms with E-state index in [0.717, 1.165) is 26.5 Å². The Morgan fingerprint density at radius 3 is 3.00 bits per heavy atom. The fourth-order valence-electron chi connectivity index (χ4n) is 1.08. The van der Waals surface area contributed by atoms with Gasteiger partial charge in [0.15, 0.2) is 4.34 Å². The molecule has 0 saturated carbocycles. The molecule has 1 aromatic carbocycles. The Bertz CT molecular complexity index is 568. The molecule has 0 saturated heterocycles. The van der Waals surface area contributed by atoms with Crippen LogP contribution in [0.2, 0.25) is 0 Å². The molecule has 68 valence electrons. The third kappa shape index (κ3) is 1.77. The normalized spacial score (nSPS) is 9.93. The molecular weight excluding hydrogens is 232 g/mol. The van der Waals surface area contributed by atoms with Crippen molar-refractivity contribution < 1.29 is 0 Å². The minimum Gasteiger partial charge on any atom is -0.229 e. The highest BCUT2D eigenvalue weighted by molar-refractivity contribution is 8.05. The number of hydrogen-bond acceptors (Lipinski definition) is 5. The van der Waals surface area contributed by atoms with Crippen molar-refractivity contribution in [1.29, 1.82) is 5.26 Å². The van der Waals surface area contributed by atoms with Crippen LogP contribution in [0, 0.1) is 14.5 Å². The number of benzene rings is 1. The summed E-state index contributed by atoms with van der Waals surface area (Å²) in [7, 11) is 0. The molecule has 14 heavy (non-hydrogen) atoms. The fourth-order valence-corrected chi connectivity index (χ4v) is 2.99. The molecule has 2 nitrogen and oxygen atoms in total. The molecule has 2 rings (SSSR count). The molecule has 0 amide bonds. The molecular formula is C9H4N2S3. The summed E-state index contributed by atoms with van der Waals surface area (Å²) in [5, 5.41) is 11.5. The number of para-hydroxylation sites is 1. The molecule has 0 spiro atoms. The van der Waals surface area contributed by atoms with Gasteiger partial charge in [-0.3, -0.25) is 0 Å². The highest BCUT2D eigenvalue weighted by Crippen LogP contribution is 2.25. The third-order valence-corrected chi connectivity index (χ3v) is 3.65. The van der Waals surface area contributed by atoms with E-state index in [1.807, 2.05) is 29.7 Å². The molecule has 0 bridgehead atoms. The van der Waals surface area contributed by atoms with Gasteiger partial charge in [-0.1, -0.05) is 41.8 Å². The monoisotopic (exact) mass is 236 g/mol. The topological polar surface area (TPSA) is 36.7 Å². The first-order chi connectivity index (χ1) is 6.81. The van der Waals surface area contributed by atoms with Crippen molar-refractivity contribution >= 4 is 46.2 Å². The molecule has 0 N–H and O–H groups in total. The van der Waals surface area contributed by atoms with Gasteiger partial charge in [0.25, 0.3) is 0 Å². The number of aromatic nitrogens is 1. The lowest BCUT2D eigenvalue weighted by Gasteiger charge is -1.97. The van der Waals surface area contributed by atoms with Crippen LogP contribution in [0.4, 0.5) is 0 Å². The maximum absolute atomic E-state index is 8.53. The summed E-state index contributed by atoms with van der Waals surface area (Å²) in [5.74, 6) is 0. The van der Waals surface area contributed by atoms with Gasteiger partial charge in [0.05, 0.1) is 5.52 Å². The van der Waals surface area contributed by atoms with Gasteiger partial charge in [0.2, 0.25) is 0 Å². The van der Waals surface area contributed by atoms with Crippen LogP contribution in [0.5, 0.6) is 0 Å². The second-order valence-electron chi connectivity index (χ2n) is 2.48. The average Bonchev–Trinajstić information content (AvgIpc) is 2.18. The minimum absolute atomic E-state index is 0.705. The van der Waals surface area contributed by atoms with E-state index in [1.54, 1.807) is 0 Å². The predicted molar refractivity (Wildman–Crippen MR) is 61.9 cm³/mol. The van der Waals surface area contributed by atoms with Gasteiger partial charge in [0, 0.05) is 17.1 Å². The second-order valence-corrected chi connectivity index (χ2v) is 5.18. The average molecular weight is 236 g/mol. The van der Waals surface area contributed by atoms with Crippen molar-refractivity contribution in [2.45, 2.75) is 4.34 Å². The number of thioether (sulfide) groups is 1. The van der Waals surface area contributed by atoms with E-state index >= 15 is 0 Å². The van der Waals surface area contributed by atoms with Crippen molar-refractivity contribution in [3.8, 4) is 5.40 Å². The summed E-state index contributed by atoms with van der Waals surface area (Å²) in [5.41, 5.74) is 0.856. The number of nitriles is 1. The number of rotatable bonds is 1. The molecule has 0 aliphatic heterocycles. The van der Waals surface area contributed by atoms with Crippen LogP contribution in [0.15, 0.2) is 28.6 Å². The molecule has 1 aromatic heterocycles. The van der Waals surface area contributed by atoms with E-state index in [9.17, 15) is 0 Å². The first kappa shape index (κ1) is 9.59. The van der Waals surface area contributed by atoms with Crippen LogP contribution >= 0.6 is 35.3 Å². The minimum atomic E-state index is 0.705. The highest BCUT2D eigenvalue weighted by atomic mass is 32.2. The van der Waals surface area contributed by atoms with Crippen molar-refractivity contribution in [2.75, 3.05) is 0 Å². The summed E-state index contributed by atoms with van der Waals surface area (Å²) in [6.45, 7) is 0. The first-order valence-electron chi connectivity index (χ1n) is 3.77. The third-order valence-electron chi connectivity index (χ3n) is 1.65. The SMILES string of the molecule is N#CSc1nc2ccccc2c(=S)s1. The zero-order valence-corrected chi connectivity index (χ0v) is 9.38. The fraction of sp³-hybridized carbons (Fsp3) is 0. The van der Waals surface area contributed by atoms with Gasteiger partial charge >= 0.3 is 0 Å². The zero-order chi connectivity index (χ0) is 9.97. The van der Waals surface area contributed by atoms with E-state index in [0.29, 0.717) is 4.34 Å². The Morgan fingerprint density at radius 2 is 2.21 bits per heavy atom. The molecule has 1 heterocycles. The standard InChI is InChI=1S/C9H4N2S3/c10-5-13-9-11-7-4-2-1-3-6(7)8(12)14-9/h1-4H. The highest BCUT2D eigenvalue weighted by Gasteiger charge is 2.01. The van der Waals surface area contributed by atoms with E-state index in [4.69, 9.17) is 17.5 Å². The van der Waals surface area contributed by atoms with Crippen LogP contribution in [0.3, 0.4) is 0 Å². The number of thiocyanates is 1. The van der Waals surface area contributed by atoms with Crippen molar-refractivity contribution in [3.05, 3.63) is 28.1 Å². The van der Waals surface area contributed by atoms with Crippen LogP contribution in [0.25, 0.3) is 10.9 Å². The Kier molecular flexibility index (Phi) is 2.77. The summed E-state index contributed by atoms with van der Waals surface area (Å²) in [6, 6.07) is 7.69. The predicted octanol–water partition coefficient (Wildman–Crippen LogP) is 3.60. The Balaban J connectivity index is 2.74. The molecule has 2 aromatic rings. The maximum atomic E-state index is 8.53. The molecule has 0 aliphatic carbocycles. The second kappa shape index (κ2) is 4.05. The molecule has 0 radical (unpaired) electrons. The van der Waals surface area contributed by atoms with Crippen LogP contribution in [-0.4, -0.2) is 4.98 Å². The van der Waals surface area contributed by atoms with Gasteiger partial charge in [-0.15, -0.1) is 0 Å². The van der Waals surface area contributed by atoms with Gasteiger partial charge < -0.3 is 0 Å². The van der Waals surface area contributed by atoms with Crippen LogP contribution in [0.1, 0.15) is 0 Å². The summed E-state index contributed by atoms with van der Waals surface area (Å²) >= 11 is 7.64. The molecule has 0 aliphatic rings. The van der Waals surface area contributed by atoms with Gasteiger partial charge in [-0.2, -0.15) is 5.26 Å². The van der Waals surface area contributed by atoms with E-state index in [-0.39, 0.29) is 0 Å². The van der Waals surface area contributed by atoms with Crippen LogP contribution < -0.4 is 0 Å². The van der Waals surface area contributed by atoms with E-state index in [1.165, 1.54) is 11.3 Å². The molecule has 0 atom stereocenters. The summed E-state index contributed by atoms with van der Waals surface area (Å²) < 4.78 is 1.49. The number of hydrogen-bond donors (Lipinski definition) is 0. The largest absolute Gasteiger partial charge is 0.229 e. The lowest BCUT2D eigenvalue weighted by Crippen LogP contribution is -1.79. The van der Waals surface area contributed by atoms with E-state index < -0.39 is 0 Å². The molecule has 5 heteroatoms. The van der Waals surface area contributed by atoms with Crippen molar-refractivity contribution in [2.24, 2.45) is 0 Å². The zero-order valence-electron chi connectivity index (χ0n) is 6.93. The summed E-state index contributed by atoms with van der Waals surface area (Å²) in [4.78, 5) is 4.32. The maximum Gasteiger partial charge on any atom is 0.166 e. The van der Waals surface area contributed by atoms with Crippen LogP contribution in [-0.2, 0) is 0 Å². The van der Waals surface area contributed by atoms with Gasteiger partial charge in [-0.05, 0) is 6.07 Å². The Hall–Kier alpha value is -0.960. The van der Waals surface area contributed by atoms with Gasteiger partial charge in [-0.25, -0.2) is 4.98 Å². The quantitative estimate of drug-likeness (QED) is 0.430. The Morgan fingerprint density at radius 1 is 1.43 bits per heavy atom. The number of fused-ring (bicyclic) bond motifs is 1. The smallest absolute Gasteiger partial charge is 0.166 e. The van der Waals surface area contributed by atoms with Gasteiger partial charge in [0.1, 0.15) is 9.23 Å². The van der Waals surface area contributed by atoms with Crippen molar-refractivity contribution in [3.63, 3.8) is 0 Å². The summed E-state index contributed by atoms with van der Waals surface area (Å²) in [6.07, 6.45) is 0. The lowest BCUT2D eigenvalue weighted by atomic mass is 10.3. The Labute approximate surface area is 94.2 Å². The van der Waals surface area contributed by atoms with Crippen molar-refractivity contribution in [1.82, 2.24) is 4.98 Å². The van der Waals surface area contributed by atoms with E-state index in [2.05, 4.69) is 4.98 Å². The number of nitrogens with zero attached hydrogens (tertiary/aromatic N) is 2.